The van der Waals surface area contributed by atoms with Gasteiger partial charge in [0.15, 0.2) is 5.96 Å². The third-order valence-corrected chi connectivity index (χ3v) is 4.45. The van der Waals surface area contributed by atoms with Gasteiger partial charge >= 0.3 is 0 Å². The number of guanidine groups is 1. The minimum absolute atomic E-state index is 0.274. The van der Waals surface area contributed by atoms with Gasteiger partial charge in [0, 0.05) is 44.7 Å². The lowest BCUT2D eigenvalue weighted by molar-refractivity contribution is 0.0394. The second kappa shape index (κ2) is 10.8. The molecule has 1 fully saturated rings. The Bertz CT molecular complexity index is 741. The summed E-state index contributed by atoms with van der Waals surface area (Å²) in [5.41, 5.74) is 1.61. The molecule has 28 heavy (non-hydrogen) atoms. The second-order valence-corrected chi connectivity index (χ2v) is 6.54. The van der Waals surface area contributed by atoms with E-state index < -0.39 is 0 Å². The van der Waals surface area contributed by atoms with Crippen LogP contribution in [0.3, 0.4) is 0 Å². The molecule has 0 spiro atoms. The van der Waals surface area contributed by atoms with Crippen LogP contribution in [0.4, 0.5) is 4.39 Å². The van der Waals surface area contributed by atoms with Crippen LogP contribution in [0.1, 0.15) is 12.6 Å². The van der Waals surface area contributed by atoms with Crippen molar-refractivity contribution in [3.05, 3.63) is 42.0 Å². The maximum atomic E-state index is 13.0. The highest BCUT2D eigenvalue weighted by molar-refractivity contribution is 5.79. The quantitative estimate of drug-likeness (QED) is 0.531. The smallest absolute Gasteiger partial charge is 0.226 e. The fourth-order valence-corrected chi connectivity index (χ4v) is 2.93. The molecule has 2 heterocycles. The Hall–Kier alpha value is -2.45. The molecule has 7 nitrogen and oxygen atoms in total. The fraction of sp³-hybridized carbons (Fsp3) is 0.500. The Morgan fingerprint density at radius 3 is 2.75 bits per heavy atom. The molecule has 0 bridgehead atoms. The van der Waals surface area contributed by atoms with E-state index in [1.165, 1.54) is 12.1 Å². The highest BCUT2D eigenvalue weighted by Crippen LogP contribution is 2.18. The zero-order valence-electron chi connectivity index (χ0n) is 16.3. The van der Waals surface area contributed by atoms with Crippen LogP contribution >= 0.6 is 0 Å². The number of nitrogens with zero attached hydrogens (tertiary/aromatic N) is 3. The molecule has 0 saturated carbocycles. The third-order valence-electron chi connectivity index (χ3n) is 4.45. The number of ether oxygens (including phenoxy) is 1. The lowest BCUT2D eigenvalue weighted by Gasteiger charge is -2.25. The lowest BCUT2D eigenvalue weighted by atomic mass is 10.2. The minimum atomic E-state index is -0.274. The second-order valence-electron chi connectivity index (χ2n) is 6.54. The number of halogens is 1. The molecule has 1 aliphatic heterocycles. The topological polar surface area (TPSA) is 74.9 Å². The highest BCUT2D eigenvalue weighted by atomic mass is 19.1. The van der Waals surface area contributed by atoms with Crippen LogP contribution in [0, 0.1) is 5.82 Å². The van der Waals surface area contributed by atoms with Crippen molar-refractivity contribution < 1.29 is 13.5 Å². The molecular formula is C20H28FN5O2. The predicted octanol–water partition coefficient (Wildman–Crippen LogP) is 1.91. The van der Waals surface area contributed by atoms with Gasteiger partial charge in [0.05, 0.1) is 25.5 Å². The van der Waals surface area contributed by atoms with Gasteiger partial charge in [0.25, 0.3) is 0 Å². The summed E-state index contributed by atoms with van der Waals surface area (Å²) in [5.74, 6) is 1.03. The Balaban J connectivity index is 1.44. The van der Waals surface area contributed by atoms with Gasteiger partial charge < -0.3 is 19.8 Å². The maximum Gasteiger partial charge on any atom is 0.226 e. The number of nitrogens with one attached hydrogen (secondary N) is 2. The lowest BCUT2D eigenvalue weighted by Crippen LogP contribution is -2.40. The molecule has 8 heteroatoms. The Kier molecular flexibility index (Phi) is 7.81. The van der Waals surface area contributed by atoms with Crippen LogP contribution in [0.15, 0.2) is 39.9 Å². The van der Waals surface area contributed by atoms with Crippen LogP contribution in [0.25, 0.3) is 11.5 Å². The van der Waals surface area contributed by atoms with Gasteiger partial charge in [-0.1, -0.05) is 0 Å². The number of morpholine rings is 1. The normalized spacial score (nSPS) is 15.6. The fourth-order valence-electron chi connectivity index (χ4n) is 2.93. The van der Waals surface area contributed by atoms with Crippen molar-refractivity contribution in [3.8, 4) is 11.5 Å². The monoisotopic (exact) mass is 389 g/mol. The van der Waals surface area contributed by atoms with E-state index in [0.29, 0.717) is 18.9 Å². The van der Waals surface area contributed by atoms with E-state index in [-0.39, 0.29) is 5.82 Å². The van der Waals surface area contributed by atoms with Gasteiger partial charge in [-0.15, -0.1) is 0 Å². The molecule has 152 valence electrons. The van der Waals surface area contributed by atoms with Crippen LogP contribution in [0.2, 0.25) is 0 Å². The van der Waals surface area contributed by atoms with Crippen molar-refractivity contribution >= 4 is 5.96 Å². The van der Waals surface area contributed by atoms with Crippen LogP contribution < -0.4 is 10.6 Å². The van der Waals surface area contributed by atoms with Gasteiger partial charge in [-0.3, -0.25) is 9.89 Å². The zero-order chi connectivity index (χ0) is 19.6. The van der Waals surface area contributed by atoms with E-state index in [1.807, 2.05) is 6.92 Å². The molecule has 3 rings (SSSR count). The SMILES string of the molecule is CCNC(=NCCN1CCOCC1)NCCc1coc(-c2ccc(F)cc2)n1. The molecule has 0 aliphatic carbocycles. The summed E-state index contributed by atoms with van der Waals surface area (Å²) < 4.78 is 23.9. The summed E-state index contributed by atoms with van der Waals surface area (Å²) in [6.45, 7) is 8.79. The van der Waals surface area contributed by atoms with Crippen LogP contribution in [-0.2, 0) is 11.2 Å². The van der Waals surface area contributed by atoms with Crippen molar-refractivity contribution in [1.29, 1.82) is 0 Å². The molecule has 0 amide bonds. The zero-order valence-corrected chi connectivity index (χ0v) is 16.3. The van der Waals surface area contributed by atoms with Gasteiger partial charge in [-0.2, -0.15) is 0 Å². The summed E-state index contributed by atoms with van der Waals surface area (Å²) >= 11 is 0. The summed E-state index contributed by atoms with van der Waals surface area (Å²) in [7, 11) is 0. The molecule has 2 aromatic rings. The number of hydrogen-bond donors (Lipinski definition) is 2. The molecule has 0 radical (unpaired) electrons. The molecule has 1 aromatic carbocycles. The molecule has 2 N–H and O–H groups in total. The van der Waals surface area contributed by atoms with Crippen molar-refractivity contribution in [3.63, 3.8) is 0 Å². The third kappa shape index (κ3) is 6.31. The number of oxazole rings is 1. The molecule has 1 saturated heterocycles. The largest absolute Gasteiger partial charge is 0.444 e. The van der Waals surface area contributed by atoms with Crippen molar-refractivity contribution in [1.82, 2.24) is 20.5 Å². The first-order valence-corrected chi connectivity index (χ1v) is 9.77. The highest BCUT2D eigenvalue weighted by Gasteiger charge is 2.10. The first kappa shape index (κ1) is 20.3. The molecular weight excluding hydrogens is 361 g/mol. The summed E-state index contributed by atoms with van der Waals surface area (Å²) in [4.78, 5) is 11.5. The molecule has 0 unspecified atom stereocenters. The average Bonchev–Trinajstić information content (AvgIpc) is 3.18. The number of aromatic nitrogens is 1. The minimum Gasteiger partial charge on any atom is -0.444 e. The average molecular weight is 389 g/mol. The Labute approximate surface area is 165 Å². The first-order valence-electron chi connectivity index (χ1n) is 9.77. The number of benzene rings is 1. The van der Waals surface area contributed by atoms with Gasteiger partial charge in [-0.25, -0.2) is 9.37 Å². The summed E-state index contributed by atoms with van der Waals surface area (Å²) in [5, 5.41) is 6.59. The number of aliphatic imine (C=N–C) groups is 1. The van der Waals surface area contributed by atoms with E-state index in [4.69, 9.17) is 9.15 Å². The first-order chi connectivity index (χ1) is 13.7. The standard InChI is InChI=1S/C20H28FN5O2/c1-2-22-20(24-9-10-26-11-13-27-14-12-26)23-8-7-18-15-28-19(25-18)16-3-5-17(21)6-4-16/h3-6,15H,2,7-14H2,1H3,(H2,22,23,24). The van der Waals surface area contributed by atoms with Crippen molar-refractivity contribution in [2.75, 3.05) is 52.5 Å². The van der Waals surface area contributed by atoms with Gasteiger partial charge in [0.1, 0.15) is 12.1 Å². The maximum absolute atomic E-state index is 13.0. The van der Waals surface area contributed by atoms with E-state index in [0.717, 1.165) is 63.2 Å². The van der Waals surface area contributed by atoms with E-state index >= 15 is 0 Å². The molecule has 1 aliphatic rings. The Morgan fingerprint density at radius 2 is 2.00 bits per heavy atom. The van der Waals surface area contributed by atoms with E-state index in [9.17, 15) is 4.39 Å². The summed E-state index contributed by atoms with van der Waals surface area (Å²) in [6, 6.07) is 6.12. The number of rotatable bonds is 8. The molecule has 0 atom stereocenters. The van der Waals surface area contributed by atoms with E-state index in [2.05, 4.69) is 25.5 Å². The van der Waals surface area contributed by atoms with Crippen molar-refractivity contribution in [2.45, 2.75) is 13.3 Å². The van der Waals surface area contributed by atoms with Crippen molar-refractivity contribution in [2.24, 2.45) is 4.99 Å². The van der Waals surface area contributed by atoms with E-state index in [1.54, 1.807) is 18.4 Å². The van der Waals surface area contributed by atoms with Gasteiger partial charge in [-0.05, 0) is 31.2 Å². The number of hydrogen-bond acceptors (Lipinski definition) is 5. The Morgan fingerprint density at radius 1 is 1.21 bits per heavy atom. The molecule has 1 aromatic heterocycles. The summed E-state index contributed by atoms with van der Waals surface area (Å²) in [6.07, 6.45) is 2.35. The van der Waals surface area contributed by atoms with Gasteiger partial charge in [0.2, 0.25) is 5.89 Å². The van der Waals surface area contributed by atoms with Crippen LogP contribution in [-0.4, -0.2) is 68.3 Å². The predicted molar refractivity (Wildman–Crippen MR) is 107 cm³/mol. The van der Waals surface area contributed by atoms with Crippen LogP contribution in [0.5, 0.6) is 0 Å².